The van der Waals surface area contributed by atoms with Gasteiger partial charge in [0.05, 0.1) is 17.6 Å². The molecule has 0 saturated heterocycles. The van der Waals surface area contributed by atoms with Crippen LogP contribution in [0.1, 0.15) is 16.0 Å². The monoisotopic (exact) mass is 303 g/mol. The van der Waals surface area contributed by atoms with E-state index in [-0.39, 0.29) is 12.1 Å². The van der Waals surface area contributed by atoms with Crippen molar-refractivity contribution >= 4 is 29.1 Å². The van der Waals surface area contributed by atoms with Gasteiger partial charge in [-0.25, -0.2) is 5.43 Å². The van der Waals surface area contributed by atoms with Crippen LogP contribution in [0.3, 0.4) is 0 Å². The highest BCUT2D eigenvalue weighted by Crippen LogP contribution is 2.18. The molecule has 108 valence electrons. The summed E-state index contributed by atoms with van der Waals surface area (Å²) in [5.74, 6) is -0.394. The van der Waals surface area contributed by atoms with Crippen LogP contribution >= 0.6 is 11.3 Å². The van der Waals surface area contributed by atoms with E-state index in [0.29, 0.717) is 5.56 Å². The second-order valence-electron chi connectivity index (χ2n) is 4.32. The summed E-state index contributed by atoms with van der Waals surface area (Å²) in [6.45, 7) is 1.95. The van der Waals surface area contributed by atoms with Gasteiger partial charge < -0.3 is 0 Å². The molecule has 0 unspecified atom stereocenters. The number of carbonyl (C=O) groups is 1. The number of thiophene rings is 1. The molecule has 0 atom stereocenters. The lowest BCUT2D eigenvalue weighted by molar-refractivity contribution is -0.385. The first-order valence-corrected chi connectivity index (χ1v) is 7.04. The Morgan fingerprint density at radius 1 is 1.43 bits per heavy atom. The molecule has 0 spiro atoms. The van der Waals surface area contributed by atoms with Crippen LogP contribution in [0.25, 0.3) is 0 Å². The van der Waals surface area contributed by atoms with Gasteiger partial charge in [0.2, 0.25) is 5.91 Å². The number of aryl methyl sites for hydroxylation is 1. The maximum Gasteiger partial charge on any atom is 0.273 e. The van der Waals surface area contributed by atoms with Gasteiger partial charge in [-0.3, -0.25) is 14.9 Å². The molecular weight excluding hydrogens is 290 g/mol. The van der Waals surface area contributed by atoms with Crippen molar-refractivity contribution in [1.29, 1.82) is 0 Å². The molecule has 2 rings (SSSR count). The Labute approximate surface area is 125 Å². The minimum absolute atomic E-state index is 0.0641. The number of hydrogen-bond acceptors (Lipinski definition) is 5. The summed E-state index contributed by atoms with van der Waals surface area (Å²) in [6, 6.07) is 8.12. The van der Waals surface area contributed by atoms with Gasteiger partial charge >= 0.3 is 0 Å². The lowest BCUT2D eigenvalue weighted by atomic mass is 10.1. The molecule has 0 aliphatic rings. The highest BCUT2D eigenvalue weighted by Gasteiger charge is 2.14. The number of hydrazone groups is 1. The zero-order chi connectivity index (χ0) is 15.2. The molecule has 1 heterocycles. The average molecular weight is 303 g/mol. The van der Waals surface area contributed by atoms with Crippen LogP contribution in [0, 0.1) is 17.0 Å². The third-order valence-electron chi connectivity index (χ3n) is 2.81. The minimum Gasteiger partial charge on any atom is -0.273 e. The van der Waals surface area contributed by atoms with E-state index >= 15 is 0 Å². The summed E-state index contributed by atoms with van der Waals surface area (Å²) in [5.41, 5.74) is 3.76. The van der Waals surface area contributed by atoms with Gasteiger partial charge in [0.25, 0.3) is 5.69 Å². The summed E-state index contributed by atoms with van der Waals surface area (Å²) in [4.78, 5) is 23.1. The SMILES string of the molecule is Cc1ccsc1C=NNC(=O)Cc1ccccc1[N+](=O)[O-]. The standard InChI is InChI=1S/C14H13N3O3S/c1-10-6-7-21-13(10)9-15-16-14(18)8-11-4-2-3-5-12(11)17(19)20/h2-7,9H,8H2,1H3,(H,16,18). The summed E-state index contributed by atoms with van der Waals surface area (Å²) in [7, 11) is 0. The Balaban J connectivity index is 1.98. The lowest BCUT2D eigenvalue weighted by Gasteiger charge is -2.01. The number of carbonyl (C=O) groups excluding carboxylic acids is 1. The molecule has 1 amide bonds. The normalized spacial score (nSPS) is 10.7. The van der Waals surface area contributed by atoms with Gasteiger partial charge in [-0.2, -0.15) is 5.10 Å². The van der Waals surface area contributed by atoms with E-state index in [1.54, 1.807) is 24.4 Å². The smallest absolute Gasteiger partial charge is 0.273 e. The van der Waals surface area contributed by atoms with Crippen LogP contribution in [0.5, 0.6) is 0 Å². The highest BCUT2D eigenvalue weighted by atomic mass is 32.1. The molecule has 1 aromatic carbocycles. The molecule has 0 fully saturated rings. The number of amides is 1. The Hall–Kier alpha value is -2.54. The molecule has 0 saturated carbocycles. The van der Waals surface area contributed by atoms with Crippen LogP contribution in [0.15, 0.2) is 40.8 Å². The third kappa shape index (κ3) is 3.96. The zero-order valence-electron chi connectivity index (χ0n) is 11.3. The van der Waals surface area contributed by atoms with Gasteiger partial charge in [0, 0.05) is 16.5 Å². The molecular formula is C14H13N3O3S. The molecule has 21 heavy (non-hydrogen) atoms. The van der Waals surface area contributed by atoms with Crippen LogP contribution in [0.4, 0.5) is 5.69 Å². The predicted octanol–water partition coefficient (Wildman–Crippen LogP) is 2.66. The number of nitrogens with zero attached hydrogens (tertiary/aromatic N) is 2. The molecule has 0 bridgehead atoms. The molecule has 1 N–H and O–H groups in total. The summed E-state index contributed by atoms with van der Waals surface area (Å²) >= 11 is 1.52. The minimum atomic E-state index is -0.499. The quantitative estimate of drug-likeness (QED) is 0.523. The van der Waals surface area contributed by atoms with E-state index in [0.717, 1.165) is 10.4 Å². The Bertz CT molecular complexity index is 694. The van der Waals surface area contributed by atoms with Crippen molar-refractivity contribution in [3.63, 3.8) is 0 Å². The zero-order valence-corrected chi connectivity index (χ0v) is 12.1. The van der Waals surface area contributed by atoms with Gasteiger partial charge in [0.1, 0.15) is 0 Å². The second-order valence-corrected chi connectivity index (χ2v) is 5.27. The Kier molecular flexibility index (Phi) is 4.78. The Morgan fingerprint density at radius 3 is 2.86 bits per heavy atom. The lowest BCUT2D eigenvalue weighted by Crippen LogP contribution is -2.20. The van der Waals surface area contributed by atoms with Crippen LogP contribution in [-0.4, -0.2) is 17.0 Å². The molecule has 1 aromatic heterocycles. The number of benzene rings is 1. The third-order valence-corrected chi connectivity index (χ3v) is 3.77. The maximum atomic E-state index is 11.8. The topological polar surface area (TPSA) is 84.6 Å². The van der Waals surface area contributed by atoms with E-state index in [1.165, 1.54) is 17.4 Å². The molecule has 0 aliphatic heterocycles. The maximum absolute atomic E-state index is 11.8. The number of para-hydroxylation sites is 1. The van der Waals surface area contributed by atoms with Gasteiger partial charge in [-0.15, -0.1) is 11.3 Å². The van der Waals surface area contributed by atoms with Crippen molar-refractivity contribution in [3.05, 3.63) is 61.8 Å². The Morgan fingerprint density at radius 2 is 2.19 bits per heavy atom. The van der Waals surface area contributed by atoms with Crippen molar-refractivity contribution in [2.75, 3.05) is 0 Å². The van der Waals surface area contributed by atoms with E-state index in [1.807, 2.05) is 18.4 Å². The van der Waals surface area contributed by atoms with E-state index < -0.39 is 10.8 Å². The molecule has 6 nitrogen and oxygen atoms in total. The van der Waals surface area contributed by atoms with E-state index in [4.69, 9.17) is 0 Å². The number of nitrogens with one attached hydrogen (secondary N) is 1. The first kappa shape index (κ1) is 14.9. The molecule has 7 heteroatoms. The van der Waals surface area contributed by atoms with Gasteiger partial charge in [-0.05, 0) is 23.9 Å². The van der Waals surface area contributed by atoms with Crippen molar-refractivity contribution in [2.45, 2.75) is 13.3 Å². The van der Waals surface area contributed by atoms with E-state index in [2.05, 4.69) is 10.5 Å². The number of hydrogen-bond donors (Lipinski definition) is 1. The fourth-order valence-corrected chi connectivity index (χ4v) is 2.52. The van der Waals surface area contributed by atoms with Gasteiger partial charge in [0.15, 0.2) is 0 Å². The second kappa shape index (κ2) is 6.76. The van der Waals surface area contributed by atoms with Gasteiger partial charge in [-0.1, -0.05) is 18.2 Å². The van der Waals surface area contributed by atoms with Crippen LogP contribution in [-0.2, 0) is 11.2 Å². The summed E-state index contributed by atoms with van der Waals surface area (Å²) in [6.07, 6.45) is 1.48. The molecule has 2 aromatic rings. The first-order valence-electron chi connectivity index (χ1n) is 6.16. The first-order chi connectivity index (χ1) is 10.1. The predicted molar refractivity (Wildman–Crippen MR) is 81.6 cm³/mol. The summed E-state index contributed by atoms with van der Waals surface area (Å²) < 4.78 is 0. The highest BCUT2D eigenvalue weighted by molar-refractivity contribution is 7.11. The number of nitro benzene ring substituents is 1. The van der Waals surface area contributed by atoms with Crippen LogP contribution in [0.2, 0.25) is 0 Å². The fraction of sp³-hybridized carbons (Fsp3) is 0.143. The molecule has 0 aliphatic carbocycles. The number of nitro groups is 1. The van der Waals surface area contributed by atoms with Crippen molar-refractivity contribution < 1.29 is 9.72 Å². The van der Waals surface area contributed by atoms with Crippen molar-refractivity contribution in [3.8, 4) is 0 Å². The van der Waals surface area contributed by atoms with E-state index in [9.17, 15) is 14.9 Å². The summed E-state index contributed by atoms with van der Waals surface area (Å²) in [5, 5.41) is 16.7. The fourth-order valence-electron chi connectivity index (χ4n) is 1.73. The van der Waals surface area contributed by atoms with Crippen molar-refractivity contribution in [2.24, 2.45) is 5.10 Å². The number of rotatable bonds is 5. The molecule has 0 radical (unpaired) electrons. The van der Waals surface area contributed by atoms with Crippen molar-refractivity contribution in [1.82, 2.24) is 5.43 Å². The average Bonchev–Trinajstić information content (AvgIpc) is 2.85. The largest absolute Gasteiger partial charge is 0.273 e. The van der Waals surface area contributed by atoms with Crippen LogP contribution < -0.4 is 5.43 Å².